The summed E-state index contributed by atoms with van der Waals surface area (Å²) in [4.78, 5) is 0. The Morgan fingerprint density at radius 2 is 2.18 bits per heavy atom. The number of nitrogens with one attached hydrogen (secondary N) is 2. The topological polar surface area (TPSA) is 24.1 Å². The zero-order chi connectivity index (χ0) is 12.0. The smallest absolute Gasteiger partial charge is 0.000770 e. The summed E-state index contributed by atoms with van der Waals surface area (Å²) < 4.78 is 0. The quantitative estimate of drug-likeness (QED) is 0.666. The molecule has 1 aliphatic carbocycles. The molecule has 1 atom stereocenters. The van der Waals surface area contributed by atoms with Gasteiger partial charge in [0, 0.05) is 6.54 Å². The van der Waals surface area contributed by atoms with Crippen LogP contribution in [0.3, 0.4) is 0 Å². The number of rotatable bonds is 7. The Balaban J connectivity index is 1.48. The SMILES string of the molecule is CCC1(CNCCCC2CCCNC2)CCC1. The van der Waals surface area contributed by atoms with Gasteiger partial charge in [0.25, 0.3) is 0 Å². The van der Waals surface area contributed by atoms with Gasteiger partial charge in [-0.15, -0.1) is 0 Å². The summed E-state index contributed by atoms with van der Waals surface area (Å²) in [6, 6.07) is 0. The Labute approximate surface area is 107 Å². The molecule has 2 aliphatic rings. The Bertz CT molecular complexity index is 199. The third kappa shape index (κ3) is 3.96. The van der Waals surface area contributed by atoms with E-state index >= 15 is 0 Å². The van der Waals surface area contributed by atoms with Crippen LogP contribution in [0.25, 0.3) is 0 Å². The highest BCUT2D eigenvalue weighted by molar-refractivity contribution is 4.88. The van der Waals surface area contributed by atoms with Crippen LogP contribution in [0.1, 0.15) is 58.3 Å². The van der Waals surface area contributed by atoms with Gasteiger partial charge in [0.2, 0.25) is 0 Å². The summed E-state index contributed by atoms with van der Waals surface area (Å²) in [5.41, 5.74) is 0.687. The van der Waals surface area contributed by atoms with Gasteiger partial charge in [-0.3, -0.25) is 0 Å². The molecule has 2 rings (SSSR count). The monoisotopic (exact) mass is 238 g/mol. The van der Waals surface area contributed by atoms with Gasteiger partial charge in [0.05, 0.1) is 0 Å². The average molecular weight is 238 g/mol. The van der Waals surface area contributed by atoms with Gasteiger partial charge in [-0.05, 0) is 75.9 Å². The molecule has 2 fully saturated rings. The molecular weight excluding hydrogens is 208 g/mol. The second-order valence-corrected chi connectivity index (χ2v) is 6.24. The fourth-order valence-electron chi connectivity index (χ4n) is 3.37. The van der Waals surface area contributed by atoms with E-state index in [4.69, 9.17) is 0 Å². The Hall–Kier alpha value is -0.0800. The van der Waals surface area contributed by atoms with Crippen molar-refractivity contribution in [3.8, 4) is 0 Å². The number of piperidine rings is 1. The summed E-state index contributed by atoms with van der Waals surface area (Å²) in [6.07, 6.45) is 11.4. The van der Waals surface area contributed by atoms with E-state index in [-0.39, 0.29) is 0 Å². The number of hydrogen-bond donors (Lipinski definition) is 2. The molecule has 0 radical (unpaired) electrons. The lowest BCUT2D eigenvalue weighted by Gasteiger charge is -2.41. The van der Waals surface area contributed by atoms with Crippen LogP contribution in [0, 0.1) is 11.3 Å². The third-order valence-corrected chi connectivity index (χ3v) is 5.03. The molecule has 1 saturated carbocycles. The summed E-state index contributed by atoms with van der Waals surface area (Å²) in [6.45, 7) is 7.37. The zero-order valence-corrected chi connectivity index (χ0v) is 11.6. The minimum Gasteiger partial charge on any atom is -0.316 e. The van der Waals surface area contributed by atoms with Crippen molar-refractivity contribution in [3.05, 3.63) is 0 Å². The largest absolute Gasteiger partial charge is 0.316 e. The molecule has 1 unspecified atom stereocenters. The molecule has 2 heteroatoms. The molecule has 0 aromatic heterocycles. The summed E-state index contributed by atoms with van der Waals surface area (Å²) in [5, 5.41) is 7.21. The van der Waals surface area contributed by atoms with Crippen molar-refractivity contribution in [2.75, 3.05) is 26.2 Å². The normalized spacial score (nSPS) is 27.7. The first-order valence-corrected chi connectivity index (χ1v) is 7.76. The maximum Gasteiger partial charge on any atom is 0.000770 e. The molecule has 2 N–H and O–H groups in total. The molecule has 0 aromatic carbocycles. The molecule has 0 bridgehead atoms. The lowest BCUT2D eigenvalue weighted by atomic mass is 9.67. The van der Waals surface area contributed by atoms with Crippen molar-refractivity contribution in [3.63, 3.8) is 0 Å². The van der Waals surface area contributed by atoms with E-state index in [1.807, 2.05) is 0 Å². The van der Waals surface area contributed by atoms with Crippen LogP contribution < -0.4 is 10.6 Å². The Morgan fingerprint density at radius 1 is 1.29 bits per heavy atom. The maximum absolute atomic E-state index is 3.70. The summed E-state index contributed by atoms with van der Waals surface area (Å²) in [7, 11) is 0. The minimum atomic E-state index is 0.687. The maximum atomic E-state index is 3.70. The first-order chi connectivity index (χ1) is 8.35. The van der Waals surface area contributed by atoms with Gasteiger partial charge in [0.1, 0.15) is 0 Å². The Kier molecular flexibility index (Phi) is 5.30. The second-order valence-electron chi connectivity index (χ2n) is 6.24. The van der Waals surface area contributed by atoms with E-state index in [1.165, 1.54) is 77.5 Å². The van der Waals surface area contributed by atoms with Gasteiger partial charge in [-0.2, -0.15) is 0 Å². The van der Waals surface area contributed by atoms with Crippen molar-refractivity contribution >= 4 is 0 Å². The fraction of sp³-hybridized carbons (Fsp3) is 1.00. The molecule has 0 amide bonds. The summed E-state index contributed by atoms with van der Waals surface area (Å²) in [5.74, 6) is 0.953. The van der Waals surface area contributed by atoms with Crippen LogP contribution in [-0.2, 0) is 0 Å². The minimum absolute atomic E-state index is 0.687. The molecule has 0 spiro atoms. The van der Waals surface area contributed by atoms with Crippen molar-refractivity contribution in [1.29, 1.82) is 0 Å². The van der Waals surface area contributed by atoms with E-state index in [0.717, 1.165) is 5.92 Å². The van der Waals surface area contributed by atoms with Crippen LogP contribution in [0.2, 0.25) is 0 Å². The molecule has 1 saturated heterocycles. The molecule has 2 nitrogen and oxygen atoms in total. The lowest BCUT2D eigenvalue weighted by Crippen LogP contribution is -2.39. The first kappa shape index (κ1) is 13.4. The highest BCUT2D eigenvalue weighted by atomic mass is 14.9. The van der Waals surface area contributed by atoms with Crippen LogP contribution in [-0.4, -0.2) is 26.2 Å². The van der Waals surface area contributed by atoms with Gasteiger partial charge >= 0.3 is 0 Å². The predicted molar refractivity (Wildman–Crippen MR) is 74.3 cm³/mol. The number of hydrogen-bond acceptors (Lipinski definition) is 2. The highest BCUT2D eigenvalue weighted by Gasteiger charge is 2.34. The lowest BCUT2D eigenvalue weighted by molar-refractivity contribution is 0.124. The van der Waals surface area contributed by atoms with Gasteiger partial charge in [0.15, 0.2) is 0 Å². The van der Waals surface area contributed by atoms with Crippen LogP contribution >= 0.6 is 0 Å². The van der Waals surface area contributed by atoms with Crippen molar-refractivity contribution in [2.24, 2.45) is 11.3 Å². The van der Waals surface area contributed by atoms with E-state index in [0.29, 0.717) is 5.41 Å². The van der Waals surface area contributed by atoms with Gasteiger partial charge < -0.3 is 10.6 Å². The third-order valence-electron chi connectivity index (χ3n) is 5.03. The second kappa shape index (κ2) is 6.75. The molecule has 17 heavy (non-hydrogen) atoms. The molecule has 1 aliphatic heterocycles. The molecule has 1 heterocycles. The molecular formula is C15H30N2. The fourth-order valence-corrected chi connectivity index (χ4v) is 3.37. The summed E-state index contributed by atoms with van der Waals surface area (Å²) >= 11 is 0. The van der Waals surface area contributed by atoms with Gasteiger partial charge in [-0.25, -0.2) is 0 Å². The predicted octanol–water partition coefficient (Wildman–Crippen LogP) is 2.94. The molecule has 100 valence electrons. The van der Waals surface area contributed by atoms with Crippen LogP contribution in [0.4, 0.5) is 0 Å². The standard InChI is InChI=1S/C15H30N2/c1-2-15(8-5-9-15)13-17-11-4-7-14-6-3-10-16-12-14/h14,16-17H,2-13H2,1H3. The van der Waals surface area contributed by atoms with E-state index in [1.54, 1.807) is 0 Å². The average Bonchev–Trinajstić information content (AvgIpc) is 2.33. The van der Waals surface area contributed by atoms with Gasteiger partial charge in [-0.1, -0.05) is 13.3 Å². The zero-order valence-electron chi connectivity index (χ0n) is 11.6. The Morgan fingerprint density at radius 3 is 2.76 bits per heavy atom. The van der Waals surface area contributed by atoms with E-state index in [9.17, 15) is 0 Å². The van der Waals surface area contributed by atoms with Crippen molar-refractivity contribution < 1.29 is 0 Å². The van der Waals surface area contributed by atoms with Crippen LogP contribution in [0.5, 0.6) is 0 Å². The molecule has 0 aromatic rings. The highest BCUT2D eigenvalue weighted by Crippen LogP contribution is 2.42. The first-order valence-electron chi connectivity index (χ1n) is 7.76. The van der Waals surface area contributed by atoms with Crippen LogP contribution in [0.15, 0.2) is 0 Å². The van der Waals surface area contributed by atoms with Crippen molar-refractivity contribution in [2.45, 2.75) is 58.3 Å². The van der Waals surface area contributed by atoms with Crippen molar-refractivity contribution in [1.82, 2.24) is 10.6 Å². The van der Waals surface area contributed by atoms with E-state index in [2.05, 4.69) is 17.6 Å². The van der Waals surface area contributed by atoms with E-state index < -0.39 is 0 Å².